The quantitative estimate of drug-likeness (QED) is 0.258. The van der Waals surface area contributed by atoms with Gasteiger partial charge in [0.1, 0.15) is 18.2 Å². The number of amidine groups is 1. The van der Waals surface area contributed by atoms with Crippen molar-refractivity contribution in [1.29, 1.82) is 0 Å². The number of hydrogen-bond donors (Lipinski definition) is 3. The second-order valence-electron chi connectivity index (χ2n) is 7.60. The van der Waals surface area contributed by atoms with Crippen LogP contribution < -0.4 is 16.6 Å². The van der Waals surface area contributed by atoms with Crippen LogP contribution in [-0.2, 0) is 16.1 Å². The molecule has 2 heterocycles. The number of benzene rings is 1. The molecule has 0 bridgehead atoms. The summed E-state index contributed by atoms with van der Waals surface area (Å²) in [6.45, 7) is 2.38. The zero-order valence-electron chi connectivity index (χ0n) is 18.2. The lowest BCUT2D eigenvalue weighted by Crippen LogP contribution is -2.44. The number of rotatable bonds is 5. The number of aromatic nitrogens is 2. The number of amides is 2. The Balaban J connectivity index is 1.80. The molecule has 33 heavy (non-hydrogen) atoms. The molecule has 1 aliphatic rings. The summed E-state index contributed by atoms with van der Waals surface area (Å²) in [7, 11) is 1.23. The molecule has 1 aliphatic heterocycles. The van der Waals surface area contributed by atoms with E-state index in [0.717, 1.165) is 0 Å². The first-order valence-electron chi connectivity index (χ1n) is 10.2. The first kappa shape index (κ1) is 24.1. The van der Waals surface area contributed by atoms with E-state index in [1.165, 1.54) is 23.8 Å². The number of carbonyl (C=O) groups is 2. The van der Waals surface area contributed by atoms with E-state index in [1.54, 1.807) is 24.0 Å². The number of nitrogens with zero attached hydrogens (tertiary/aromatic N) is 4. The van der Waals surface area contributed by atoms with E-state index in [-0.39, 0.29) is 24.2 Å². The highest BCUT2D eigenvalue weighted by molar-refractivity contribution is 6.31. The molecule has 0 saturated carbocycles. The van der Waals surface area contributed by atoms with Gasteiger partial charge in [0.25, 0.3) is 5.56 Å². The average molecular weight is 477 g/mol. The minimum Gasteiger partial charge on any atom is -0.453 e. The number of halogens is 1. The molecule has 0 radical (unpaired) electrons. The predicted octanol–water partition coefficient (Wildman–Crippen LogP) is 2.04. The van der Waals surface area contributed by atoms with E-state index in [4.69, 9.17) is 22.5 Å². The van der Waals surface area contributed by atoms with Gasteiger partial charge in [0.05, 0.1) is 18.5 Å². The topological polar surface area (TPSA) is 152 Å². The van der Waals surface area contributed by atoms with Crippen LogP contribution in [0.2, 0.25) is 5.02 Å². The second kappa shape index (κ2) is 10.3. The molecule has 1 saturated heterocycles. The Kier molecular flexibility index (Phi) is 7.54. The standard InChI is InChI=1S/C21H25ClN6O5/c1-12-24-17(15-4-3-14(22)9-16(15)25-21(31)33-2)10-18(29)28(12)11-19(30)27-7-5-13(6-8-27)20(23)26-32/h3-4,9-10,13,32H,5-8,11H2,1-2H3,(H2,23,26)(H,25,31). The third-order valence-corrected chi connectivity index (χ3v) is 5.79. The summed E-state index contributed by atoms with van der Waals surface area (Å²) in [6, 6.07) is 6.08. The van der Waals surface area contributed by atoms with Gasteiger partial charge in [0.15, 0.2) is 0 Å². The largest absolute Gasteiger partial charge is 0.453 e. The molecule has 2 amide bonds. The summed E-state index contributed by atoms with van der Waals surface area (Å²) in [5.41, 5.74) is 6.39. The molecule has 0 atom stereocenters. The molecule has 0 unspecified atom stereocenters. The number of aryl methyl sites for hydroxylation is 1. The summed E-state index contributed by atoms with van der Waals surface area (Å²) < 4.78 is 5.93. The summed E-state index contributed by atoms with van der Waals surface area (Å²) >= 11 is 6.04. The molecule has 12 heteroatoms. The number of hydrogen-bond acceptors (Lipinski definition) is 7. The summed E-state index contributed by atoms with van der Waals surface area (Å²) in [5.74, 6) is 0.220. The van der Waals surface area contributed by atoms with Crippen molar-refractivity contribution >= 4 is 35.1 Å². The van der Waals surface area contributed by atoms with Crippen LogP contribution in [0.5, 0.6) is 0 Å². The number of nitrogens with one attached hydrogen (secondary N) is 1. The summed E-state index contributed by atoms with van der Waals surface area (Å²) in [6.07, 6.45) is 0.475. The second-order valence-corrected chi connectivity index (χ2v) is 8.04. The number of likely N-dealkylation sites (tertiary alicyclic amines) is 1. The lowest BCUT2D eigenvalue weighted by Gasteiger charge is -2.31. The summed E-state index contributed by atoms with van der Waals surface area (Å²) in [4.78, 5) is 43.4. The van der Waals surface area contributed by atoms with Crippen LogP contribution in [0.4, 0.5) is 10.5 Å². The Bertz CT molecular complexity index is 1140. The molecule has 2 aromatic rings. The maximum atomic E-state index is 12.8. The number of oxime groups is 1. The first-order chi connectivity index (χ1) is 15.7. The van der Waals surface area contributed by atoms with Crippen LogP contribution >= 0.6 is 11.6 Å². The van der Waals surface area contributed by atoms with Gasteiger partial charge in [-0.1, -0.05) is 16.8 Å². The Labute approximate surface area is 194 Å². The van der Waals surface area contributed by atoms with Gasteiger partial charge in [0.2, 0.25) is 5.91 Å². The van der Waals surface area contributed by atoms with Crippen molar-refractivity contribution in [2.24, 2.45) is 16.8 Å². The minimum absolute atomic E-state index is 0.0726. The zero-order chi connectivity index (χ0) is 24.1. The highest BCUT2D eigenvalue weighted by Gasteiger charge is 2.26. The normalized spacial score (nSPS) is 14.8. The van der Waals surface area contributed by atoms with Gasteiger partial charge >= 0.3 is 6.09 Å². The minimum atomic E-state index is -0.690. The fourth-order valence-electron chi connectivity index (χ4n) is 3.70. The number of carbonyl (C=O) groups excluding carboxylic acids is 2. The first-order valence-corrected chi connectivity index (χ1v) is 10.6. The highest BCUT2D eigenvalue weighted by atomic mass is 35.5. The van der Waals surface area contributed by atoms with E-state index in [9.17, 15) is 14.4 Å². The molecular formula is C21H25ClN6O5. The smallest absolute Gasteiger partial charge is 0.411 e. The van der Waals surface area contributed by atoms with Crippen molar-refractivity contribution in [3.63, 3.8) is 0 Å². The SMILES string of the molecule is COC(=O)Nc1cc(Cl)ccc1-c1cc(=O)n(CC(=O)N2CCC(C(N)=NO)CC2)c(C)n1. The van der Waals surface area contributed by atoms with E-state index in [0.29, 0.717) is 53.7 Å². The Morgan fingerprint density at radius 2 is 2.03 bits per heavy atom. The molecule has 11 nitrogen and oxygen atoms in total. The van der Waals surface area contributed by atoms with Gasteiger partial charge in [0, 0.05) is 35.7 Å². The Hall–Kier alpha value is -3.60. The van der Waals surface area contributed by atoms with Crippen LogP contribution in [0.3, 0.4) is 0 Å². The monoisotopic (exact) mass is 476 g/mol. The molecular weight excluding hydrogens is 452 g/mol. The third-order valence-electron chi connectivity index (χ3n) is 5.55. The molecule has 3 rings (SSSR count). The van der Waals surface area contributed by atoms with Crippen LogP contribution in [-0.4, -0.2) is 57.7 Å². The number of anilines is 1. The van der Waals surface area contributed by atoms with Gasteiger partial charge in [-0.2, -0.15) is 0 Å². The Morgan fingerprint density at radius 1 is 1.33 bits per heavy atom. The molecule has 176 valence electrons. The number of methoxy groups -OCH3 is 1. The summed E-state index contributed by atoms with van der Waals surface area (Å²) in [5, 5.41) is 14.8. The van der Waals surface area contributed by atoms with Crippen molar-refractivity contribution in [1.82, 2.24) is 14.5 Å². The average Bonchev–Trinajstić information content (AvgIpc) is 2.80. The Morgan fingerprint density at radius 3 is 2.64 bits per heavy atom. The number of ether oxygens (including phenoxy) is 1. The van der Waals surface area contributed by atoms with Gasteiger partial charge in [-0.15, -0.1) is 0 Å². The van der Waals surface area contributed by atoms with Gasteiger partial charge in [-0.25, -0.2) is 9.78 Å². The molecule has 1 fully saturated rings. The maximum Gasteiger partial charge on any atom is 0.411 e. The number of piperidine rings is 1. The maximum absolute atomic E-state index is 12.8. The van der Waals surface area contributed by atoms with E-state index < -0.39 is 11.7 Å². The third kappa shape index (κ3) is 5.61. The van der Waals surface area contributed by atoms with Gasteiger partial charge in [-0.3, -0.25) is 19.5 Å². The van der Waals surface area contributed by atoms with Crippen LogP contribution in [0, 0.1) is 12.8 Å². The van der Waals surface area contributed by atoms with Crippen LogP contribution in [0.25, 0.3) is 11.3 Å². The molecule has 0 aliphatic carbocycles. The van der Waals surface area contributed by atoms with E-state index in [1.807, 2.05) is 0 Å². The van der Waals surface area contributed by atoms with Crippen molar-refractivity contribution in [3.05, 3.63) is 45.5 Å². The molecule has 0 spiro atoms. The fourth-order valence-corrected chi connectivity index (χ4v) is 3.87. The van der Waals surface area contributed by atoms with Crippen molar-refractivity contribution in [3.8, 4) is 11.3 Å². The van der Waals surface area contributed by atoms with Crippen molar-refractivity contribution in [2.45, 2.75) is 26.3 Å². The van der Waals surface area contributed by atoms with E-state index in [2.05, 4.69) is 20.2 Å². The van der Waals surface area contributed by atoms with Crippen molar-refractivity contribution in [2.75, 3.05) is 25.5 Å². The molecule has 1 aromatic carbocycles. The predicted molar refractivity (Wildman–Crippen MR) is 122 cm³/mol. The van der Waals surface area contributed by atoms with Gasteiger partial charge < -0.3 is 20.6 Å². The number of nitrogens with two attached hydrogens (primary N) is 1. The van der Waals surface area contributed by atoms with E-state index >= 15 is 0 Å². The lowest BCUT2D eigenvalue weighted by atomic mass is 9.96. The lowest BCUT2D eigenvalue weighted by molar-refractivity contribution is -0.133. The zero-order valence-corrected chi connectivity index (χ0v) is 19.0. The van der Waals surface area contributed by atoms with Gasteiger partial charge in [-0.05, 0) is 38.0 Å². The van der Waals surface area contributed by atoms with Crippen LogP contribution in [0.15, 0.2) is 34.2 Å². The molecule has 1 aromatic heterocycles. The highest BCUT2D eigenvalue weighted by Crippen LogP contribution is 2.29. The fraction of sp³-hybridized carbons (Fsp3) is 0.381. The molecule has 4 N–H and O–H groups in total. The van der Waals surface area contributed by atoms with Crippen LogP contribution in [0.1, 0.15) is 18.7 Å². The van der Waals surface area contributed by atoms with Crippen molar-refractivity contribution < 1.29 is 19.5 Å².